The van der Waals surface area contributed by atoms with Crippen molar-refractivity contribution in [3.63, 3.8) is 0 Å². The molecule has 1 aliphatic rings. The molecule has 0 bridgehead atoms. The molecule has 0 unspecified atom stereocenters. The fourth-order valence-electron chi connectivity index (χ4n) is 3.36. The zero-order valence-electron chi connectivity index (χ0n) is 13.4. The molecule has 6 heteroatoms. The first kappa shape index (κ1) is 17.5. The predicted molar refractivity (Wildman–Crippen MR) is 87.0 cm³/mol. The van der Waals surface area contributed by atoms with Crippen LogP contribution in [0.5, 0.6) is 0 Å². The third-order valence-electron chi connectivity index (χ3n) is 4.63. The van der Waals surface area contributed by atoms with Crippen molar-refractivity contribution < 1.29 is 23.1 Å². The van der Waals surface area contributed by atoms with Gasteiger partial charge in [-0.15, -0.1) is 0 Å². The van der Waals surface area contributed by atoms with Crippen LogP contribution in [-0.4, -0.2) is 29.1 Å². The fraction of sp³-hybridized carbons (Fsp3) is 0.316. The van der Waals surface area contributed by atoms with E-state index in [1.54, 1.807) is 0 Å². The minimum Gasteiger partial charge on any atom is -0.481 e. The van der Waals surface area contributed by atoms with Gasteiger partial charge < -0.3 is 5.11 Å². The molecule has 0 aliphatic carbocycles. The minimum atomic E-state index is -4.39. The molecule has 0 radical (unpaired) electrons. The maximum absolute atomic E-state index is 12.7. The predicted octanol–water partition coefficient (Wildman–Crippen LogP) is 4.01. The summed E-state index contributed by atoms with van der Waals surface area (Å²) in [6, 6.07) is 14.6. The second-order valence-corrected chi connectivity index (χ2v) is 6.35. The number of halogens is 3. The van der Waals surface area contributed by atoms with Crippen LogP contribution in [0, 0.1) is 5.92 Å². The van der Waals surface area contributed by atoms with E-state index >= 15 is 0 Å². The second kappa shape index (κ2) is 6.88. The number of carboxylic acid groups (broad SMARTS) is 1. The topological polar surface area (TPSA) is 40.5 Å². The van der Waals surface area contributed by atoms with Crippen molar-refractivity contribution in [3.05, 3.63) is 71.3 Å². The summed E-state index contributed by atoms with van der Waals surface area (Å²) >= 11 is 0. The van der Waals surface area contributed by atoms with E-state index in [4.69, 9.17) is 0 Å². The SMILES string of the molecule is O=C(O)[C@H]1CN(Cc2ccccc2)C[C@@H]1c1ccc(C(F)(F)F)cc1. The van der Waals surface area contributed by atoms with Crippen molar-refractivity contribution in [2.75, 3.05) is 13.1 Å². The third kappa shape index (κ3) is 4.02. The first-order chi connectivity index (χ1) is 11.8. The number of aliphatic carboxylic acids is 1. The van der Waals surface area contributed by atoms with Crippen LogP contribution in [0.2, 0.25) is 0 Å². The van der Waals surface area contributed by atoms with Gasteiger partial charge in [-0.2, -0.15) is 13.2 Å². The second-order valence-electron chi connectivity index (χ2n) is 6.35. The van der Waals surface area contributed by atoms with Crippen molar-refractivity contribution in [3.8, 4) is 0 Å². The molecule has 1 fully saturated rings. The van der Waals surface area contributed by atoms with Gasteiger partial charge in [-0.3, -0.25) is 9.69 Å². The van der Waals surface area contributed by atoms with Crippen molar-refractivity contribution >= 4 is 5.97 Å². The first-order valence-corrected chi connectivity index (χ1v) is 8.01. The molecule has 1 aliphatic heterocycles. The zero-order valence-corrected chi connectivity index (χ0v) is 13.4. The summed E-state index contributed by atoms with van der Waals surface area (Å²) in [6.45, 7) is 1.52. The molecule has 3 rings (SSSR count). The Bertz CT molecular complexity index is 729. The van der Waals surface area contributed by atoms with Crippen molar-refractivity contribution in [1.82, 2.24) is 4.90 Å². The summed E-state index contributed by atoms with van der Waals surface area (Å²) in [5.41, 5.74) is 0.998. The summed E-state index contributed by atoms with van der Waals surface area (Å²) in [5, 5.41) is 9.51. The Morgan fingerprint density at radius 1 is 1.04 bits per heavy atom. The summed E-state index contributed by atoms with van der Waals surface area (Å²) < 4.78 is 38.1. The Morgan fingerprint density at radius 3 is 2.24 bits per heavy atom. The van der Waals surface area contributed by atoms with Crippen molar-refractivity contribution in [2.24, 2.45) is 5.92 Å². The summed E-state index contributed by atoms with van der Waals surface area (Å²) in [4.78, 5) is 13.6. The Hall–Kier alpha value is -2.34. The number of nitrogens with zero attached hydrogens (tertiary/aromatic N) is 1. The van der Waals surface area contributed by atoms with E-state index in [1.165, 1.54) is 12.1 Å². The van der Waals surface area contributed by atoms with E-state index in [0.717, 1.165) is 17.7 Å². The molecule has 0 saturated carbocycles. The number of carboxylic acids is 1. The Morgan fingerprint density at radius 2 is 1.68 bits per heavy atom. The molecule has 25 heavy (non-hydrogen) atoms. The van der Waals surface area contributed by atoms with Crippen LogP contribution in [0.3, 0.4) is 0 Å². The molecule has 132 valence electrons. The molecule has 2 aromatic rings. The Balaban J connectivity index is 1.78. The van der Waals surface area contributed by atoms with Crippen LogP contribution >= 0.6 is 0 Å². The fourth-order valence-corrected chi connectivity index (χ4v) is 3.36. The number of hydrogen-bond donors (Lipinski definition) is 1. The molecule has 2 aromatic carbocycles. The molecule has 0 aromatic heterocycles. The first-order valence-electron chi connectivity index (χ1n) is 8.01. The number of rotatable bonds is 4. The van der Waals surface area contributed by atoms with Gasteiger partial charge >= 0.3 is 12.1 Å². The molecule has 0 amide bonds. The van der Waals surface area contributed by atoms with Crippen LogP contribution in [0.1, 0.15) is 22.6 Å². The van der Waals surface area contributed by atoms with Gasteiger partial charge in [0.25, 0.3) is 0 Å². The number of hydrogen-bond acceptors (Lipinski definition) is 2. The highest BCUT2D eigenvalue weighted by Crippen LogP contribution is 2.36. The van der Waals surface area contributed by atoms with E-state index in [2.05, 4.69) is 0 Å². The summed E-state index contributed by atoms with van der Waals surface area (Å²) in [6.07, 6.45) is -4.39. The highest BCUT2D eigenvalue weighted by molar-refractivity contribution is 5.72. The van der Waals surface area contributed by atoms with Gasteiger partial charge in [-0.25, -0.2) is 0 Å². The van der Waals surface area contributed by atoms with E-state index in [1.807, 2.05) is 35.2 Å². The normalized spacial score (nSPS) is 21.4. The molecule has 2 atom stereocenters. The number of likely N-dealkylation sites (tertiary alicyclic amines) is 1. The van der Waals surface area contributed by atoms with Gasteiger partial charge in [-0.05, 0) is 23.3 Å². The minimum absolute atomic E-state index is 0.316. The number of benzene rings is 2. The standard InChI is InChI=1S/C19H18F3NO2/c20-19(21,22)15-8-6-14(7-9-15)16-11-23(12-17(16)18(24)25)10-13-4-2-1-3-5-13/h1-9,16-17H,10-12H2,(H,24,25)/t16-,17+/m1/s1. The van der Waals surface area contributed by atoms with Gasteiger partial charge in [0.1, 0.15) is 0 Å². The lowest BCUT2D eigenvalue weighted by Crippen LogP contribution is -2.23. The quantitative estimate of drug-likeness (QED) is 0.907. The molecule has 1 N–H and O–H groups in total. The molecule has 3 nitrogen and oxygen atoms in total. The van der Waals surface area contributed by atoms with Crippen molar-refractivity contribution in [2.45, 2.75) is 18.6 Å². The molecular weight excluding hydrogens is 331 g/mol. The largest absolute Gasteiger partial charge is 0.481 e. The lowest BCUT2D eigenvalue weighted by Gasteiger charge is -2.17. The average Bonchev–Trinajstić information content (AvgIpc) is 2.99. The lowest BCUT2D eigenvalue weighted by atomic mass is 9.88. The third-order valence-corrected chi connectivity index (χ3v) is 4.63. The maximum Gasteiger partial charge on any atom is 0.416 e. The van der Waals surface area contributed by atoms with Gasteiger partial charge in [0.15, 0.2) is 0 Å². The number of carbonyl (C=O) groups is 1. The van der Waals surface area contributed by atoms with E-state index < -0.39 is 23.6 Å². The molecule has 0 spiro atoms. The van der Waals surface area contributed by atoms with Crippen LogP contribution in [-0.2, 0) is 17.5 Å². The highest BCUT2D eigenvalue weighted by Gasteiger charge is 2.39. The van der Waals surface area contributed by atoms with Crippen LogP contribution < -0.4 is 0 Å². The Labute approximate surface area is 143 Å². The monoisotopic (exact) mass is 349 g/mol. The zero-order chi connectivity index (χ0) is 18.0. The lowest BCUT2D eigenvalue weighted by molar-refractivity contribution is -0.142. The molecule has 1 heterocycles. The average molecular weight is 349 g/mol. The van der Waals surface area contributed by atoms with E-state index in [0.29, 0.717) is 25.2 Å². The van der Waals surface area contributed by atoms with Gasteiger partial charge in [0, 0.05) is 25.6 Å². The Kier molecular flexibility index (Phi) is 4.81. The number of alkyl halides is 3. The van der Waals surface area contributed by atoms with E-state index in [-0.39, 0.29) is 5.92 Å². The molecule has 1 saturated heterocycles. The van der Waals surface area contributed by atoms with Crippen LogP contribution in [0.15, 0.2) is 54.6 Å². The summed E-state index contributed by atoms with van der Waals surface area (Å²) in [5.74, 6) is -1.86. The van der Waals surface area contributed by atoms with Gasteiger partial charge in [-0.1, -0.05) is 42.5 Å². The molecular formula is C19H18F3NO2. The van der Waals surface area contributed by atoms with Gasteiger partial charge in [0.2, 0.25) is 0 Å². The smallest absolute Gasteiger partial charge is 0.416 e. The van der Waals surface area contributed by atoms with Crippen LogP contribution in [0.25, 0.3) is 0 Å². The van der Waals surface area contributed by atoms with E-state index in [9.17, 15) is 23.1 Å². The van der Waals surface area contributed by atoms with Crippen molar-refractivity contribution in [1.29, 1.82) is 0 Å². The van der Waals surface area contributed by atoms with Gasteiger partial charge in [0.05, 0.1) is 11.5 Å². The van der Waals surface area contributed by atoms with Crippen LogP contribution in [0.4, 0.5) is 13.2 Å². The maximum atomic E-state index is 12.7. The summed E-state index contributed by atoms with van der Waals surface area (Å²) in [7, 11) is 0. The highest BCUT2D eigenvalue weighted by atomic mass is 19.4.